The molecule has 0 aromatic heterocycles. The molecule has 0 N–H and O–H groups in total. The van der Waals surface area contributed by atoms with Gasteiger partial charge in [-0.05, 0) is 71.1 Å². The van der Waals surface area contributed by atoms with Gasteiger partial charge in [-0.1, -0.05) is 19.1 Å². The second-order valence-corrected chi connectivity index (χ2v) is 8.36. The zero-order valence-electron chi connectivity index (χ0n) is 17.3. The molecule has 0 spiro atoms. The summed E-state index contributed by atoms with van der Waals surface area (Å²) in [5.41, 5.74) is 2.83. The van der Waals surface area contributed by atoms with Gasteiger partial charge in [-0.15, -0.1) is 0 Å². The van der Waals surface area contributed by atoms with E-state index in [1.54, 1.807) is 0 Å². The minimum absolute atomic E-state index is 0.666. The van der Waals surface area contributed by atoms with Crippen molar-refractivity contribution in [1.82, 2.24) is 14.7 Å². The molecule has 0 amide bonds. The molecule has 4 nitrogen and oxygen atoms in total. The number of likely N-dealkylation sites (tertiary alicyclic amines) is 1. The number of piperazine rings is 1. The third-order valence-corrected chi connectivity index (χ3v) is 6.41. The summed E-state index contributed by atoms with van der Waals surface area (Å²) < 4.78 is 0. The third kappa shape index (κ3) is 4.99. The van der Waals surface area contributed by atoms with Crippen LogP contribution in [0.5, 0.6) is 0 Å². The van der Waals surface area contributed by atoms with E-state index in [1.165, 1.54) is 56.8 Å². The molecule has 0 atom stereocenters. The normalized spacial score (nSPS) is 21.1. The highest BCUT2D eigenvalue weighted by molar-refractivity contribution is 5.48. The van der Waals surface area contributed by atoms with Crippen LogP contribution in [0.25, 0.3) is 0 Å². The van der Waals surface area contributed by atoms with Crippen molar-refractivity contribution in [3.8, 4) is 0 Å². The Morgan fingerprint density at radius 1 is 0.962 bits per heavy atom. The van der Waals surface area contributed by atoms with Crippen molar-refractivity contribution in [2.24, 2.45) is 0 Å². The Morgan fingerprint density at radius 3 is 2.12 bits per heavy atom. The predicted octanol–water partition coefficient (Wildman–Crippen LogP) is 3.13. The molecule has 26 heavy (non-hydrogen) atoms. The molecule has 2 aliphatic rings. The monoisotopic (exact) mass is 358 g/mol. The summed E-state index contributed by atoms with van der Waals surface area (Å²) in [5.74, 6) is 0. The number of anilines is 1. The lowest BCUT2D eigenvalue weighted by Crippen LogP contribution is -2.48. The zero-order valence-corrected chi connectivity index (χ0v) is 17.3. The van der Waals surface area contributed by atoms with E-state index in [-0.39, 0.29) is 0 Å². The second kappa shape index (κ2) is 9.20. The molecule has 1 aromatic rings. The highest BCUT2D eigenvalue weighted by Crippen LogP contribution is 2.21. The SMILES string of the molecule is CCN1CCC(N(C)Cc2ccc(N3CCN(C(C)C)CC3)cc2)CC1. The number of nitrogens with zero attached hydrogens (tertiary/aromatic N) is 4. The van der Waals surface area contributed by atoms with Gasteiger partial charge in [-0.25, -0.2) is 0 Å². The van der Waals surface area contributed by atoms with Gasteiger partial charge >= 0.3 is 0 Å². The molecule has 2 fully saturated rings. The van der Waals surface area contributed by atoms with Crippen molar-refractivity contribution in [3.05, 3.63) is 29.8 Å². The molecule has 0 radical (unpaired) electrons. The maximum atomic E-state index is 2.57. The molecule has 4 heteroatoms. The van der Waals surface area contributed by atoms with Crippen LogP contribution in [0.15, 0.2) is 24.3 Å². The Kier molecular flexibility index (Phi) is 6.96. The smallest absolute Gasteiger partial charge is 0.0367 e. The molecule has 0 bridgehead atoms. The highest BCUT2D eigenvalue weighted by Gasteiger charge is 2.22. The Labute approximate surface area is 160 Å². The summed E-state index contributed by atoms with van der Waals surface area (Å²) in [4.78, 5) is 10.2. The van der Waals surface area contributed by atoms with Gasteiger partial charge in [0.2, 0.25) is 0 Å². The summed E-state index contributed by atoms with van der Waals surface area (Å²) >= 11 is 0. The van der Waals surface area contributed by atoms with Crippen LogP contribution in [-0.4, -0.2) is 79.6 Å². The Bertz CT molecular complexity index is 526. The largest absolute Gasteiger partial charge is 0.369 e. The van der Waals surface area contributed by atoms with Crippen LogP contribution < -0.4 is 4.90 Å². The van der Waals surface area contributed by atoms with Crippen LogP contribution in [0.4, 0.5) is 5.69 Å². The Morgan fingerprint density at radius 2 is 1.58 bits per heavy atom. The first-order valence-electron chi connectivity index (χ1n) is 10.6. The van der Waals surface area contributed by atoms with E-state index in [4.69, 9.17) is 0 Å². The van der Waals surface area contributed by atoms with Gasteiger partial charge in [0, 0.05) is 50.5 Å². The molecule has 0 unspecified atom stereocenters. The van der Waals surface area contributed by atoms with Crippen LogP contribution in [0.2, 0.25) is 0 Å². The van der Waals surface area contributed by atoms with E-state index >= 15 is 0 Å². The molecule has 2 heterocycles. The Hall–Kier alpha value is -1.10. The van der Waals surface area contributed by atoms with Crippen molar-refractivity contribution in [2.45, 2.75) is 52.2 Å². The highest BCUT2D eigenvalue weighted by atomic mass is 15.3. The molecule has 0 saturated carbocycles. The minimum Gasteiger partial charge on any atom is -0.369 e. The molecule has 2 saturated heterocycles. The minimum atomic E-state index is 0.666. The maximum Gasteiger partial charge on any atom is 0.0367 e. The topological polar surface area (TPSA) is 13.0 Å². The predicted molar refractivity (Wildman–Crippen MR) is 112 cm³/mol. The van der Waals surface area contributed by atoms with Gasteiger partial charge in [-0.2, -0.15) is 0 Å². The van der Waals surface area contributed by atoms with Crippen LogP contribution >= 0.6 is 0 Å². The lowest BCUT2D eigenvalue weighted by Gasteiger charge is -2.38. The molecule has 146 valence electrons. The van der Waals surface area contributed by atoms with Crippen molar-refractivity contribution in [3.63, 3.8) is 0 Å². The van der Waals surface area contributed by atoms with Crippen LogP contribution in [0, 0.1) is 0 Å². The van der Waals surface area contributed by atoms with Gasteiger partial charge in [0.25, 0.3) is 0 Å². The van der Waals surface area contributed by atoms with E-state index in [2.05, 4.69) is 71.7 Å². The van der Waals surface area contributed by atoms with E-state index < -0.39 is 0 Å². The molecular weight excluding hydrogens is 320 g/mol. The van der Waals surface area contributed by atoms with Crippen molar-refractivity contribution in [1.29, 1.82) is 0 Å². The molecule has 0 aliphatic carbocycles. The van der Waals surface area contributed by atoms with Gasteiger partial charge in [0.1, 0.15) is 0 Å². The van der Waals surface area contributed by atoms with Crippen molar-refractivity contribution < 1.29 is 0 Å². The lowest BCUT2D eigenvalue weighted by atomic mass is 10.0. The van der Waals surface area contributed by atoms with E-state index in [1.807, 2.05) is 0 Å². The summed E-state index contributed by atoms with van der Waals surface area (Å²) in [5, 5.41) is 0. The van der Waals surface area contributed by atoms with Gasteiger partial charge < -0.3 is 9.80 Å². The first-order valence-corrected chi connectivity index (χ1v) is 10.6. The average molecular weight is 359 g/mol. The first-order chi connectivity index (χ1) is 12.6. The average Bonchev–Trinajstić information content (AvgIpc) is 2.68. The Balaban J connectivity index is 1.49. The van der Waals surface area contributed by atoms with Crippen LogP contribution in [0.3, 0.4) is 0 Å². The van der Waals surface area contributed by atoms with E-state index in [9.17, 15) is 0 Å². The van der Waals surface area contributed by atoms with Gasteiger partial charge in [0.05, 0.1) is 0 Å². The summed E-state index contributed by atoms with van der Waals surface area (Å²) in [6.45, 7) is 16.3. The lowest BCUT2D eigenvalue weighted by molar-refractivity contribution is 0.127. The number of hydrogen-bond acceptors (Lipinski definition) is 4. The standard InChI is InChI=1S/C22H38N4/c1-5-24-12-10-21(11-13-24)23(4)18-20-6-8-22(9-7-20)26-16-14-25(15-17-26)19(2)3/h6-9,19,21H,5,10-18H2,1-4H3. The number of benzene rings is 1. The summed E-state index contributed by atoms with van der Waals surface area (Å²) in [6, 6.07) is 10.7. The van der Waals surface area contributed by atoms with Crippen molar-refractivity contribution >= 4 is 5.69 Å². The second-order valence-electron chi connectivity index (χ2n) is 8.36. The molecule has 2 aliphatic heterocycles. The van der Waals surface area contributed by atoms with E-state index in [0.717, 1.165) is 25.7 Å². The fourth-order valence-electron chi connectivity index (χ4n) is 4.40. The number of hydrogen-bond donors (Lipinski definition) is 0. The van der Waals surface area contributed by atoms with Crippen LogP contribution in [-0.2, 0) is 6.54 Å². The van der Waals surface area contributed by atoms with Gasteiger partial charge in [0.15, 0.2) is 0 Å². The fourth-order valence-corrected chi connectivity index (χ4v) is 4.40. The third-order valence-electron chi connectivity index (χ3n) is 6.41. The summed E-state index contributed by atoms with van der Waals surface area (Å²) in [7, 11) is 2.30. The maximum absolute atomic E-state index is 2.57. The first kappa shape index (κ1) is 19.7. The zero-order chi connectivity index (χ0) is 18.5. The van der Waals surface area contributed by atoms with Gasteiger partial charge in [-0.3, -0.25) is 9.80 Å². The molecular formula is C22H38N4. The summed E-state index contributed by atoms with van der Waals surface area (Å²) in [6.07, 6.45) is 2.62. The fraction of sp³-hybridized carbons (Fsp3) is 0.727. The van der Waals surface area contributed by atoms with Crippen LogP contribution in [0.1, 0.15) is 39.2 Å². The van der Waals surface area contributed by atoms with Crippen molar-refractivity contribution in [2.75, 3.05) is 57.8 Å². The number of piperidine rings is 1. The molecule has 3 rings (SSSR count). The number of rotatable bonds is 6. The quantitative estimate of drug-likeness (QED) is 0.774. The van der Waals surface area contributed by atoms with E-state index in [0.29, 0.717) is 6.04 Å². The molecule has 1 aromatic carbocycles.